The van der Waals surface area contributed by atoms with E-state index in [-0.39, 0.29) is 30.3 Å². The Kier molecular flexibility index (Phi) is 5.21. The van der Waals surface area contributed by atoms with Crippen LogP contribution < -0.4 is 5.63 Å². The Morgan fingerprint density at radius 2 is 1.79 bits per heavy atom. The smallest absolute Gasteiger partial charge is 0.358 e. The van der Waals surface area contributed by atoms with E-state index < -0.39 is 5.63 Å². The van der Waals surface area contributed by atoms with Crippen molar-refractivity contribution in [2.75, 3.05) is 26.2 Å². The molecule has 3 heterocycles. The number of piperazine rings is 1. The molecule has 1 aromatic carbocycles. The van der Waals surface area contributed by atoms with Crippen LogP contribution in [0.15, 0.2) is 51.0 Å². The maximum Gasteiger partial charge on any atom is 0.358 e. The molecule has 28 heavy (non-hydrogen) atoms. The highest BCUT2D eigenvalue weighted by atomic mass is 32.1. The average molecular weight is 397 g/mol. The third-order valence-corrected chi connectivity index (χ3v) is 5.64. The summed E-state index contributed by atoms with van der Waals surface area (Å²) >= 11 is 1.42. The minimum absolute atomic E-state index is 0.0140. The number of rotatable bonds is 4. The van der Waals surface area contributed by atoms with Gasteiger partial charge in [-0.1, -0.05) is 18.2 Å². The Morgan fingerprint density at radius 3 is 2.54 bits per heavy atom. The Morgan fingerprint density at radius 1 is 1.04 bits per heavy atom. The molecule has 0 aliphatic carbocycles. The molecule has 0 bridgehead atoms. The van der Waals surface area contributed by atoms with Gasteiger partial charge in [0.1, 0.15) is 11.2 Å². The molecule has 1 aliphatic rings. The summed E-state index contributed by atoms with van der Waals surface area (Å²) < 4.78 is 5.26. The van der Waals surface area contributed by atoms with E-state index in [2.05, 4.69) is 4.98 Å². The van der Waals surface area contributed by atoms with E-state index in [9.17, 15) is 14.4 Å². The number of benzene rings is 1. The topological polar surface area (TPSA) is 83.7 Å². The highest BCUT2D eigenvalue weighted by molar-refractivity contribution is 7.12. The summed E-state index contributed by atoms with van der Waals surface area (Å²) in [6, 6.07) is 10.7. The second-order valence-corrected chi connectivity index (χ2v) is 7.51. The molecule has 0 unspecified atom stereocenters. The number of para-hydroxylation sites is 2. The zero-order valence-corrected chi connectivity index (χ0v) is 16.0. The molecule has 0 spiro atoms. The van der Waals surface area contributed by atoms with Gasteiger partial charge in [-0.3, -0.25) is 9.59 Å². The van der Waals surface area contributed by atoms with Crippen molar-refractivity contribution in [1.29, 1.82) is 0 Å². The number of hydrogen-bond donors (Lipinski definition) is 0. The van der Waals surface area contributed by atoms with Gasteiger partial charge in [-0.15, -0.1) is 11.3 Å². The first-order valence-electron chi connectivity index (χ1n) is 9.11. The lowest BCUT2D eigenvalue weighted by molar-refractivity contribution is -0.132. The second-order valence-electron chi connectivity index (χ2n) is 6.57. The molecule has 1 fully saturated rings. The lowest BCUT2D eigenvalue weighted by Crippen LogP contribution is -2.50. The van der Waals surface area contributed by atoms with Crippen LogP contribution in [0.1, 0.15) is 21.8 Å². The van der Waals surface area contributed by atoms with E-state index in [0.29, 0.717) is 42.2 Å². The maximum atomic E-state index is 12.5. The van der Waals surface area contributed by atoms with Gasteiger partial charge in [-0.25, -0.2) is 9.78 Å². The second kappa shape index (κ2) is 7.93. The number of thiophene rings is 1. The van der Waals surface area contributed by atoms with Gasteiger partial charge >= 0.3 is 5.63 Å². The van der Waals surface area contributed by atoms with Gasteiger partial charge < -0.3 is 14.2 Å². The van der Waals surface area contributed by atoms with Crippen molar-refractivity contribution < 1.29 is 14.0 Å². The molecule has 7 nitrogen and oxygen atoms in total. The molecule has 0 radical (unpaired) electrons. The molecule has 1 saturated heterocycles. The van der Waals surface area contributed by atoms with Crippen LogP contribution in [0.5, 0.6) is 0 Å². The molecule has 2 amide bonds. The van der Waals surface area contributed by atoms with Crippen LogP contribution in [0.25, 0.3) is 11.1 Å². The number of amides is 2. The summed E-state index contributed by atoms with van der Waals surface area (Å²) in [4.78, 5) is 45.5. The van der Waals surface area contributed by atoms with Crippen molar-refractivity contribution in [1.82, 2.24) is 14.8 Å². The number of aromatic nitrogens is 1. The molecule has 3 aromatic rings. The third kappa shape index (κ3) is 3.82. The van der Waals surface area contributed by atoms with Crippen molar-refractivity contribution >= 4 is 34.3 Å². The average Bonchev–Trinajstić information content (AvgIpc) is 3.26. The van der Waals surface area contributed by atoms with Crippen LogP contribution in [-0.2, 0) is 11.2 Å². The fourth-order valence-electron chi connectivity index (χ4n) is 3.24. The Labute approximate surface area is 165 Å². The summed E-state index contributed by atoms with van der Waals surface area (Å²) in [5.74, 6) is -0.0300. The molecular formula is C20H19N3O4S. The first kappa shape index (κ1) is 18.4. The van der Waals surface area contributed by atoms with Crippen molar-refractivity contribution in [2.24, 2.45) is 0 Å². The van der Waals surface area contributed by atoms with Crippen LogP contribution in [0.3, 0.4) is 0 Å². The number of carbonyl (C=O) groups excluding carboxylic acids is 2. The number of carbonyl (C=O) groups is 2. The van der Waals surface area contributed by atoms with E-state index in [4.69, 9.17) is 4.42 Å². The molecule has 1 aliphatic heterocycles. The maximum absolute atomic E-state index is 12.5. The minimum atomic E-state index is -0.502. The normalized spacial score (nSPS) is 14.4. The van der Waals surface area contributed by atoms with Crippen LogP contribution in [0.4, 0.5) is 0 Å². The molecule has 4 rings (SSSR count). The fourth-order valence-corrected chi connectivity index (χ4v) is 3.93. The van der Waals surface area contributed by atoms with Crippen molar-refractivity contribution in [3.63, 3.8) is 0 Å². The van der Waals surface area contributed by atoms with E-state index in [1.54, 1.807) is 28.0 Å². The van der Waals surface area contributed by atoms with E-state index in [0.717, 1.165) is 0 Å². The predicted octanol–water partition coefficient (Wildman–Crippen LogP) is 2.17. The summed E-state index contributed by atoms with van der Waals surface area (Å²) in [6.07, 6.45) is 0.426. The highest BCUT2D eigenvalue weighted by Crippen LogP contribution is 2.15. The number of fused-ring (bicyclic) bond motifs is 1. The highest BCUT2D eigenvalue weighted by Gasteiger charge is 2.25. The first-order chi connectivity index (χ1) is 13.6. The lowest BCUT2D eigenvalue weighted by Gasteiger charge is -2.34. The van der Waals surface area contributed by atoms with Gasteiger partial charge in [0.05, 0.1) is 4.88 Å². The van der Waals surface area contributed by atoms with Gasteiger partial charge in [0.15, 0.2) is 5.58 Å². The monoisotopic (exact) mass is 397 g/mol. The molecule has 0 N–H and O–H groups in total. The SMILES string of the molecule is O=C(CCc1nc2ccccc2oc1=O)N1CCN(C(=O)c2cccs2)CC1. The molecule has 0 saturated carbocycles. The standard InChI is InChI=1S/C20H19N3O4S/c24-18(8-7-15-20(26)27-16-5-2-1-4-14(16)21-15)22-9-11-23(12-10-22)19(25)17-6-3-13-28-17/h1-6,13H,7-12H2. The van der Waals surface area contributed by atoms with Crippen LogP contribution in [-0.4, -0.2) is 52.8 Å². The lowest BCUT2D eigenvalue weighted by atomic mass is 10.2. The summed E-state index contributed by atoms with van der Waals surface area (Å²) in [5.41, 5.74) is 0.802. The summed E-state index contributed by atoms with van der Waals surface area (Å²) in [5, 5.41) is 1.88. The largest absolute Gasteiger partial charge is 0.420 e. The third-order valence-electron chi connectivity index (χ3n) is 4.79. The van der Waals surface area contributed by atoms with E-state index in [1.807, 2.05) is 23.6 Å². The fraction of sp³-hybridized carbons (Fsp3) is 0.300. The van der Waals surface area contributed by atoms with Crippen LogP contribution >= 0.6 is 11.3 Å². The van der Waals surface area contributed by atoms with Crippen molar-refractivity contribution in [3.8, 4) is 0 Å². The van der Waals surface area contributed by atoms with Gasteiger partial charge in [-0.05, 0) is 23.6 Å². The number of nitrogens with zero attached hydrogens (tertiary/aromatic N) is 3. The van der Waals surface area contributed by atoms with Crippen LogP contribution in [0, 0.1) is 0 Å². The Bertz CT molecular complexity index is 1050. The van der Waals surface area contributed by atoms with Crippen LogP contribution in [0.2, 0.25) is 0 Å². The molecule has 2 aromatic heterocycles. The van der Waals surface area contributed by atoms with Gasteiger partial charge in [0.25, 0.3) is 5.91 Å². The first-order valence-corrected chi connectivity index (χ1v) is 9.99. The van der Waals surface area contributed by atoms with Crippen molar-refractivity contribution in [2.45, 2.75) is 12.8 Å². The Balaban J connectivity index is 1.33. The summed E-state index contributed by atoms with van der Waals surface area (Å²) in [6.45, 7) is 2.02. The zero-order chi connectivity index (χ0) is 19.5. The van der Waals surface area contributed by atoms with Gasteiger partial charge in [0, 0.05) is 39.0 Å². The predicted molar refractivity (Wildman–Crippen MR) is 105 cm³/mol. The Hall–Kier alpha value is -3.00. The number of aryl methyl sites for hydroxylation is 1. The molecule has 8 heteroatoms. The number of hydrogen-bond acceptors (Lipinski definition) is 6. The zero-order valence-electron chi connectivity index (χ0n) is 15.2. The minimum Gasteiger partial charge on any atom is -0.420 e. The molecule has 144 valence electrons. The summed E-state index contributed by atoms with van der Waals surface area (Å²) in [7, 11) is 0. The quantitative estimate of drug-likeness (QED) is 0.674. The van der Waals surface area contributed by atoms with Gasteiger partial charge in [0.2, 0.25) is 5.91 Å². The van der Waals surface area contributed by atoms with Crippen molar-refractivity contribution in [3.05, 3.63) is 62.8 Å². The van der Waals surface area contributed by atoms with E-state index >= 15 is 0 Å². The van der Waals surface area contributed by atoms with Gasteiger partial charge in [-0.2, -0.15) is 0 Å². The molecule has 0 atom stereocenters. The molecular weight excluding hydrogens is 378 g/mol. The van der Waals surface area contributed by atoms with E-state index in [1.165, 1.54) is 11.3 Å².